The Hall–Kier alpha value is -2.21. The number of nitrogens with zero attached hydrogens (tertiary/aromatic N) is 4. The van der Waals surface area contributed by atoms with Crippen LogP contribution >= 0.6 is 0 Å². The second-order valence-electron chi connectivity index (χ2n) is 4.65. The predicted octanol–water partition coefficient (Wildman–Crippen LogP) is 0.679. The van der Waals surface area contributed by atoms with Crippen LogP contribution in [0.5, 0.6) is 0 Å². The van der Waals surface area contributed by atoms with Crippen LogP contribution in [0.1, 0.15) is 0 Å². The van der Waals surface area contributed by atoms with Crippen LogP contribution in [0.4, 0.5) is 5.95 Å². The summed E-state index contributed by atoms with van der Waals surface area (Å²) in [5, 5.41) is 0. The summed E-state index contributed by atoms with van der Waals surface area (Å²) >= 11 is 0. The molecule has 1 saturated heterocycles. The van der Waals surface area contributed by atoms with E-state index in [0.29, 0.717) is 25.0 Å². The van der Waals surface area contributed by atoms with E-state index in [4.69, 9.17) is 4.74 Å². The summed E-state index contributed by atoms with van der Waals surface area (Å²) in [5.41, 5.74) is 0.556. The van der Waals surface area contributed by atoms with Crippen LogP contribution in [0.25, 0.3) is 11.4 Å². The van der Waals surface area contributed by atoms with E-state index < -0.39 is 0 Å². The summed E-state index contributed by atoms with van der Waals surface area (Å²) in [6.45, 7) is 2.77. The Morgan fingerprint density at radius 2 is 1.80 bits per heavy atom. The number of anilines is 1. The SMILES string of the molecule is Cn1c(N2CCOCC2)nc(-c2ccccc2)nc1=O. The average molecular weight is 272 g/mol. The van der Waals surface area contributed by atoms with Crippen molar-refractivity contribution in [2.24, 2.45) is 7.05 Å². The predicted molar refractivity (Wildman–Crippen MR) is 75.7 cm³/mol. The minimum atomic E-state index is -0.291. The third-order valence-electron chi connectivity index (χ3n) is 3.32. The standard InChI is InChI=1S/C14H16N4O2/c1-17-13(18-7-9-20-10-8-18)15-12(16-14(17)19)11-5-3-2-4-6-11/h2-6H,7-10H2,1H3. The highest BCUT2D eigenvalue weighted by atomic mass is 16.5. The Kier molecular flexibility index (Phi) is 3.47. The summed E-state index contributed by atoms with van der Waals surface area (Å²) in [4.78, 5) is 22.7. The van der Waals surface area contributed by atoms with Gasteiger partial charge in [0.25, 0.3) is 0 Å². The zero-order valence-electron chi connectivity index (χ0n) is 11.3. The largest absolute Gasteiger partial charge is 0.378 e. The van der Waals surface area contributed by atoms with Crippen molar-refractivity contribution in [2.75, 3.05) is 31.2 Å². The minimum Gasteiger partial charge on any atom is -0.378 e. The van der Waals surface area contributed by atoms with Crippen molar-refractivity contribution in [2.45, 2.75) is 0 Å². The maximum absolute atomic E-state index is 12.0. The van der Waals surface area contributed by atoms with Gasteiger partial charge in [-0.1, -0.05) is 30.3 Å². The van der Waals surface area contributed by atoms with Crippen LogP contribution < -0.4 is 10.6 Å². The number of hydrogen-bond acceptors (Lipinski definition) is 5. The number of aromatic nitrogens is 3. The summed E-state index contributed by atoms with van der Waals surface area (Å²) < 4.78 is 6.82. The zero-order valence-corrected chi connectivity index (χ0v) is 11.3. The molecule has 0 amide bonds. The van der Waals surface area contributed by atoms with Gasteiger partial charge in [0.1, 0.15) is 0 Å². The molecule has 0 atom stereocenters. The quantitative estimate of drug-likeness (QED) is 0.804. The van der Waals surface area contributed by atoms with E-state index in [1.807, 2.05) is 30.3 Å². The molecule has 1 aromatic carbocycles. The van der Waals surface area contributed by atoms with Gasteiger partial charge in [0.15, 0.2) is 5.82 Å². The van der Waals surface area contributed by atoms with Gasteiger partial charge in [-0.15, -0.1) is 0 Å². The van der Waals surface area contributed by atoms with Crippen molar-refractivity contribution in [1.29, 1.82) is 0 Å². The Morgan fingerprint density at radius 1 is 1.10 bits per heavy atom. The average Bonchev–Trinajstić information content (AvgIpc) is 2.51. The lowest BCUT2D eigenvalue weighted by Gasteiger charge is -2.28. The Bertz CT molecular complexity index is 648. The molecular weight excluding hydrogens is 256 g/mol. The number of morpholine rings is 1. The molecule has 0 spiro atoms. The topological polar surface area (TPSA) is 60.2 Å². The van der Waals surface area contributed by atoms with Gasteiger partial charge in [0.05, 0.1) is 13.2 Å². The lowest BCUT2D eigenvalue weighted by Crippen LogP contribution is -2.40. The molecule has 0 bridgehead atoms. The molecule has 20 heavy (non-hydrogen) atoms. The molecule has 3 rings (SSSR count). The minimum absolute atomic E-state index is 0.291. The molecule has 0 unspecified atom stereocenters. The second kappa shape index (κ2) is 5.42. The Morgan fingerprint density at radius 3 is 2.50 bits per heavy atom. The number of hydrogen-bond donors (Lipinski definition) is 0. The van der Waals surface area contributed by atoms with E-state index in [9.17, 15) is 4.79 Å². The van der Waals surface area contributed by atoms with Crippen molar-refractivity contribution in [3.8, 4) is 11.4 Å². The van der Waals surface area contributed by atoms with Crippen molar-refractivity contribution in [1.82, 2.24) is 14.5 Å². The molecule has 2 aromatic rings. The molecule has 1 fully saturated rings. The van der Waals surface area contributed by atoms with Crippen LogP contribution in [0.3, 0.4) is 0 Å². The summed E-state index contributed by atoms with van der Waals surface area (Å²) in [6.07, 6.45) is 0. The van der Waals surface area contributed by atoms with Gasteiger partial charge < -0.3 is 9.64 Å². The van der Waals surface area contributed by atoms with Gasteiger partial charge in [-0.3, -0.25) is 4.57 Å². The molecule has 1 aliphatic rings. The Labute approximate surface area is 116 Å². The first kappa shape index (κ1) is 12.8. The lowest BCUT2D eigenvalue weighted by atomic mass is 10.2. The maximum atomic E-state index is 12.0. The molecule has 1 aromatic heterocycles. The third kappa shape index (κ3) is 2.42. The molecular formula is C14H16N4O2. The lowest BCUT2D eigenvalue weighted by molar-refractivity contribution is 0.121. The summed E-state index contributed by atoms with van der Waals surface area (Å²) in [7, 11) is 1.70. The van der Waals surface area contributed by atoms with Gasteiger partial charge in [-0.25, -0.2) is 4.79 Å². The van der Waals surface area contributed by atoms with Crippen LogP contribution in [-0.4, -0.2) is 40.8 Å². The molecule has 1 aliphatic heterocycles. The van der Waals surface area contributed by atoms with Gasteiger partial charge >= 0.3 is 5.69 Å². The maximum Gasteiger partial charge on any atom is 0.352 e. The first-order valence-electron chi connectivity index (χ1n) is 6.59. The first-order chi connectivity index (χ1) is 9.75. The van der Waals surface area contributed by atoms with E-state index in [1.165, 1.54) is 4.57 Å². The molecule has 6 heteroatoms. The molecule has 0 saturated carbocycles. The molecule has 6 nitrogen and oxygen atoms in total. The van der Waals surface area contributed by atoms with E-state index >= 15 is 0 Å². The second-order valence-corrected chi connectivity index (χ2v) is 4.65. The van der Waals surface area contributed by atoms with Gasteiger partial charge in [-0.2, -0.15) is 9.97 Å². The van der Waals surface area contributed by atoms with Crippen LogP contribution in [-0.2, 0) is 11.8 Å². The fourth-order valence-electron chi connectivity index (χ4n) is 2.21. The van der Waals surface area contributed by atoms with Crippen LogP contribution in [0.2, 0.25) is 0 Å². The highest BCUT2D eigenvalue weighted by Crippen LogP contribution is 2.16. The normalized spacial score (nSPS) is 15.3. The fourth-order valence-corrected chi connectivity index (χ4v) is 2.21. The number of benzene rings is 1. The van der Waals surface area contributed by atoms with Gasteiger partial charge in [0, 0.05) is 25.7 Å². The number of ether oxygens (including phenoxy) is 1. The summed E-state index contributed by atoms with van der Waals surface area (Å²) in [5.74, 6) is 1.11. The van der Waals surface area contributed by atoms with Crippen molar-refractivity contribution in [3.63, 3.8) is 0 Å². The first-order valence-corrected chi connectivity index (χ1v) is 6.59. The van der Waals surface area contributed by atoms with Gasteiger partial charge in [0.2, 0.25) is 5.95 Å². The smallest absolute Gasteiger partial charge is 0.352 e. The highest BCUT2D eigenvalue weighted by Gasteiger charge is 2.17. The molecule has 0 aliphatic carbocycles. The Balaban J connectivity index is 2.06. The van der Waals surface area contributed by atoms with E-state index in [0.717, 1.165) is 18.7 Å². The van der Waals surface area contributed by atoms with Gasteiger partial charge in [-0.05, 0) is 0 Å². The number of rotatable bonds is 2. The molecule has 104 valence electrons. The summed E-state index contributed by atoms with van der Waals surface area (Å²) in [6, 6.07) is 9.54. The van der Waals surface area contributed by atoms with Crippen LogP contribution in [0.15, 0.2) is 35.1 Å². The zero-order chi connectivity index (χ0) is 13.9. The van der Waals surface area contributed by atoms with Crippen molar-refractivity contribution >= 4 is 5.95 Å². The van der Waals surface area contributed by atoms with Crippen molar-refractivity contribution < 1.29 is 4.74 Å². The van der Waals surface area contributed by atoms with Crippen LogP contribution in [0, 0.1) is 0 Å². The third-order valence-corrected chi connectivity index (χ3v) is 3.32. The monoisotopic (exact) mass is 272 g/mol. The molecule has 0 N–H and O–H groups in total. The van der Waals surface area contributed by atoms with E-state index in [-0.39, 0.29) is 5.69 Å². The van der Waals surface area contributed by atoms with E-state index in [2.05, 4.69) is 14.9 Å². The fraction of sp³-hybridized carbons (Fsp3) is 0.357. The molecule has 2 heterocycles. The van der Waals surface area contributed by atoms with Crippen molar-refractivity contribution in [3.05, 3.63) is 40.8 Å². The molecule has 0 radical (unpaired) electrons. The van der Waals surface area contributed by atoms with E-state index in [1.54, 1.807) is 7.05 Å². The highest BCUT2D eigenvalue weighted by molar-refractivity contribution is 5.55.